The monoisotopic (exact) mass is 1270 g/mol. The molecule has 4 heterocycles. The molecule has 2 aromatic heterocycles. The van der Waals surface area contributed by atoms with Crippen molar-refractivity contribution in [3.8, 4) is 45.3 Å². The van der Waals surface area contributed by atoms with Crippen molar-refractivity contribution in [1.29, 1.82) is 0 Å². The van der Waals surface area contributed by atoms with E-state index in [1.807, 2.05) is 36.4 Å². The number of imide groups is 2. The van der Waals surface area contributed by atoms with Crippen molar-refractivity contribution in [2.75, 3.05) is 53.3 Å². The predicted molar refractivity (Wildman–Crippen MR) is 332 cm³/mol. The number of fused-ring (bicyclic) bond motifs is 4. The van der Waals surface area contributed by atoms with Gasteiger partial charge in [-0.1, -0.05) is 90.2 Å². The number of rotatable bonds is 13. The van der Waals surface area contributed by atoms with Crippen LogP contribution in [0.25, 0.3) is 44.1 Å². The first-order valence-electron chi connectivity index (χ1n) is 26.9. The van der Waals surface area contributed by atoms with E-state index < -0.39 is 30.1 Å². The molecule has 456 valence electrons. The lowest BCUT2D eigenvalue weighted by atomic mass is 10.0. The highest BCUT2D eigenvalue weighted by Gasteiger charge is 2.49. The van der Waals surface area contributed by atoms with Crippen molar-refractivity contribution in [2.45, 2.75) is 57.3 Å². The molecule has 5 unspecified atom stereocenters. The van der Waals surface area contributed by atoms with Crippen LogP contribution in [-0.2, 0) is 19.1 Å². The number of anilines is 2. The Morgan fingerprint density at radius 1 is 0.534 bits per heavy atom. The average Bonchev–Trinajstić information content (AvgIpc) is 1.52. The Kier molecular flexibility index (Phi) is 19.6. The number of methoxy groups -OCH3 is 6. The molecule has 12 rings (SSSR count). The van der Waals surface area contributed by atoms with Crippen LogP contribution in [0.3, 0.4) is 0 Å². The van der Waals surface area contributed by atoms with Crippen LogP contribution in [0, 0.1) is 11.8 Å². The van der Waals surface area contributed by atoms with E-state index in [4.69, 9.17) is 74.8 Å². The maximum atomic E-state index is 13.3. The minimum Gasteiger partial charge on any atom is -0.495 e. The second-order valence-corrected chi connectivity index (χ2v) is 21.9. The topological polar surface area (TPSA) is 269 Å². The Hall–Kier alpha value is -8.86. The number of esters is 2. The number of carbonyl (C=O) groups excluding carboxylic acids is 6. The van der Waals surface area contributed by atoms with E-state index >= 15 is 0 Å². The number of aliphatic hydroxyl groups is 1. The van der Waals surface area contributed by atoms with Crippen molar-refractivity contribution in [3.63, 3.8) is 0 Å². The molecule has 4 aliphatic rings. The van der Waals surface area contributed by atoms with Crippen LogP contribution in [0.15, 0.2) is 109 Å². The average molecular weight is 1280 g/mol. The van der Waals surface area contributed by atoms with Gasteiger partial charge in [0, 0.05) is 46.4 Å². The first-order valence-corrected chi connectivity index (χ1v) is 28.4. The second-order valence-electron chi connectivity index (χ2n) is 20.4. The summed E-state index contributed by atoms with van der Waals surface area (Å²) in [6.45, 7) is 0. The number of hydrogen-bond donors (Lipinski definition) is 4. The molecular weight excluding hydrogens is 1220 g/mol. The highest BCUT2D eigenvalue weighted by Crippen LogP contribution is 2.48. The zero-order valence-electron chi connectivity index (χ0n) is 47.3. The van der Waals surface area contributed by atoms with Gasteiger partial charge >= 0.3 is 11.9 Å². The minimum atomic E-state index is -0.692. The van der Waals surface area contributed by atoms with E-state index in [2.05, 4.69) is 35.9 Å². The fourth-order valence-corrected chi connectivity index (χ4v) is 12.5. The van der Waals surface area contributed by atoms with E-state index in [1.54, 1.807) is 73.1 Å². The summed E-state index contributed by atoms with van der Waals surface area (Å²) in [6.07, 6.45) is 4.01. The van der Waals surface area contributed by atoms with Crippen LogP contribution >= 0.6 is 46.4 Å². The number of hydrogen-bond acceptors (Lipinski definition) is 19. The quantitative estimate of drug-likeness (QED) is 0.0617. The standard InChI is InChI=1S/C31H26Cl2N4O6.C23H23Cl2N3O5.C8H5NO2.CH4/c1-41-23-13-24(42-2)27(33)25(26(23)32)15-8-9-20-17(10-15)14-34-31(35-20)36-21-11-16(30(40)43-3)12-22(21)37-28(38)18-6-4-5-7-19(18)29(37)39;1-31-17-9-18(32-2)21(25)19(20(17)24)11-4-5-14-13(6-11)10-26-23(27-14)28-15-7-12(8-16(15)29)22(30)33-3;10-7-5-3-1-2-4-6(5)8(11)9-7;/h4-10,13-14,16,21-22H,11-12H2,1-3H3,(H,34,35,36);4-6,9-10,12,15-16,29H,7-8H2,1-3H3,(H,26,27,28);1-4H,(H,9,10,11);1H4/t;12?,15?,16-;;/m.1../s1. The number of aliphatic hydroxyl groups excluding tert-OH is 1. The summed E-state index contributed by atoms with van der Waals surface area (Å²) in [7, 11) is 8.74. The number of halogens is 4. The normalized spacial score (nSPS) is 18.8. The van der Waals surface area contributed by atoms with E-state index in [-0.39, 0.29) is 61.4 Å². The third-order valence-electron chi connectivity index (χ3n) is 15.4. The summed E-state index contributed by atoms with van der Waals surface area (Å²) in [4.78, 5) is 92.1. The van der Waals surface area contributed by atoms with Gasteiger partial charge in [0.25, 0.3) is 23.6 Å². The molecule has 2 aliphatic carbocycles. The number of aromatic nitrogens is 4. The van der Waals surface area contributed by atoms with Crippen molar-refractivity contribution < 1.29 is 62.3 Å². The maximum absolute atomic E-state index is 13.3. The maximum Gasteiger partial charge on any atom is 0.308 e. The van der Waals surface area contributed by atoms with Gasteiger partial charge in [-0.05, 0) is 85.3 Å². The first-order chi connectivity index (χ1) is 41.9. The summed E-state index contributed by atoms with van der Waals surface area (Å²) in [5.74, 6) is -0.561. The number of carbonyl (C=O) groups is 6. The zero-order chi connectivity index (χ0) is 62.0. The molecule has 0 radical (unpaired) electrons. The van der Waals surface area contributed by atoms with Crippen LogP contribution < -0.4 is 34.9 Å². The molecule has 2 saturated carbocycles. The Labute approximate surface area is 524 Å². The number of benzene rings is 6. The van der Waals surface area contributed by atoms with E-state index in [9.17, 15) is 33.9 Å². The van der Waals surface area contributed by atoms with E-state index in [0.717, 1.165) is 10.9 Å². The number of amides is 4. The highest BCUT2D eigenvalue weighted by atomic mass is 35.5. The van der Waals surface area contributed by atoms with Crippen LogP contribution in [0.2, 0.25) is 20.1 Å². The summed E-state index contributed by atoms with van der Waals surface area (Å²) >= 11 is 26.3. The SMILES string of the molecule is C.COC(=O)C1CC(Nc2ncc3cc(-c4c(Cl)c(OC)cc(OC)c4Cl)ccc3n2)C(N2C(=O)c3ccccc3C2=O)C1.COC(=O)C1CC(Nc2ncc3cc(-c4c(Cl)c(OC)cc(OC)c4Cl)ccc3n2)[C@H](O)C1.O=C1NC(=O)c2ccccc21. The van der Waals surface area contributed by atoms with Crippen molar-refractivity contribution in [3.05, 3.63) is 152 Å². The zero-order valence-corrected chi connectivity index (χ0v) is 50.3. The van der Waals surface area contributed by atoms with E-state index in [1.165, 1.54) is 47.6 Å². The molecule has 25 heteroatoms. The molecular formula is C63H58Cl4N8O13. The lowest BCUT2D eigenvalue weighted by Crippen LogP contribution is -2.47. The van der Waals surface area contributed by atoms with Gasteiger partial charge in [-0.15, -0.1) is 0 Å². The third-order valence-corrected chi connectivity index (χ3v) is 16.9. The molecule has 4 amide bonds. The Bertz CT molecular complexity index is 3960. The minimum absolute atomic E-state index is 0. The molecule has 8 aromatic rings. The van der Waals surface area contributed by atoms with E-state index in [0.29, 0.717) is 124 Å². The van der Waals surface area contributed by atoms with Gasteiger partial charge in [-0.25, -0.2) is 19.9 Å². The molecule has 2 aliphatic heterocycles. The molecule has 4 N–H and O–H groups in total. The fraction of sp³-hybridized carbons (Fsp3) is 0.270. The number of nitrogens with one attached hydrogen (secondary N) is 3. The summed E-state index contributed by atoms with van der Waals surface area (Å²) in [5, 5.41) is 21.8. The lowest BCUT2D eigenvalue weighted by Gasteiger charge is -2.28. The molecule has 6 aromatic carbocycles. The molecule has 0 spiro atoms. The van der Waals surface area contributed by atoms with Crippen LogP contribution in [0.5, 0.6) is 23.0 Å². The molecule has 21 nitrogen and oxygen atoms in total. The number of ether oxygens (including phenoxy) is 6. The van der Waals surface area contributed by atoms with Gasteiger partial charge in [-0.2, -0.15) is 0 Å². The highest BCUT2D eigenvalue weighted by molar-refractivity contribution is 6.42. The molecule has 2 fully saturated rings. The third kappa shape index (κ3) is 12.5. The smallest absolute Gasteiger partial charge is 0.308 e. The van der Waals surface area contributed by atoms with Gasteiger partial charge in [0.05, 0.1) is 132 Å². The van der Waals surface area contributed by atoms with Gasteiger partial charge in [0.1, 0.15) is 23.0 Å². The summed E-state index contributed by atoms with van der Waals surface area (Å²) < 4.78 is 31.3. The van der Waals surface area contributed by atoms with Crippen LogP contribution in [0.1, 0.15) is 74.5 Å². The Balaban J connectivity index is 0.000000180. The van der Waals surface area contributed by atoms with Crippen molar-refractivity contribution in [2.24, 2.45) is 11.8 Å². The van der Waals surface area contributed by atoms with Gasteiger partial charge in [0.2, 0.25) is 11.9 Å². The molecule has 0 saturated heterocycles. The number of nitrogens with zero attached hydrogens (tertiary/aromatic N) is 5. The lowest BCUT2D eigenvalue weighted by molar-refractivity contribution is -0.146. The second kappa shape index (κ2) is 27.0. The van der Waals surface area contributed by atoms with Crippen LogP contribution in [0.4, 0.5) is 11.9 Å². The van der Waals surface area contributed by atoms with Gasteiger partial charge in [0.15, 0.2) is 0 Å². The van der Waals surface area contributed by atoms with Gasteiger partial charge < -0.3 is 44.2 Å². The first kappa shape index (κ1) is 63.6. The predicted octanol–water partition coefficient (Wildman–Crippen LogP) is 11.2. The Morgan fingerprint density at radius 3 is 1.33 bits per heavy atom. The fourth-order valence-electron chi connectivity index (χ4n) is 11.1. The summed E-state index contributed by atoms with van der Waals surface area (Å²) in [5.41, 5.74) is 5.55. The van der Waals surface area contributed by atoms with Crippen molar-refractivity contribution in [1.82, 2.24) is 30.2 Å². The molecule has 6 atom stereocenters. The largest absolute Gasteiger partial charge is 0.495 e. The van der Waals surface area contributed by atoms with Crippen LogP contribution in [-0.4, -0.2) is 132 Å². The summed E-state index contributed by atoms with van der Waals surface area (Å²) in [6, 6.07) is 26.3. The van der Waals surface area contributed by atoms with Crippen molar-refractivity contribution >= 4 is 116 Å². The Morgan fingerprint density at radius 2 is 0.920 bits per heavy atom. The van der Waals surface area contributed by atoms with Gasteiger partial charge in [-0.3, -0.25) is 39.0 Å². The molecule has 88 heavy (non-hydrogen) atoms. The molecule has 0 bridgehead atoms.